The first-order chi connectivity index (χ1) is 32.4. The molecule has 28 heteroatoms. The van der Waals surface area contributed by atoms with Gasteiger partial charge in [0.2, 0.25) is 0 Å². The van der Waals surface area contributed by atoms with E-state index in [1.807, 2.05) is 12.1 Å². The average Bonchev–Trinajstić information content (AvgIpc) is 4.11. The fourth-order valence-electron chi connectivity index (χ4n) is 6.88. The number of ether oxygens (including phenoxy) is 3. The molecule has 2 fully saturated rings. The van der Waals surface area contributed by atoms with Crippen LogP contribution in [0.3, 0.4) is 0 Å². The number of nitriles is 2. The molecule has 7 rings (SSSR count). The molecule has 0 aliphatic carbocycles. The van der Waals surface area contributed by atoms with E-state index in [4.69, 9.17) is 58.4 Å². The van der Waals surface area contributed by atoms with Gasteiger partial charge in [-0.25, -0.2) is 37.8 Å². The van der Waals surface area contributed by atoms with E-state index in [0.29, 0.717) is 5.56 Å². The molecule has 0 spiro atoms. The lowest BCUT2D eigenvalue weighted by atomic mass is 10.1. The Morgan fingerprint density at radius 2 is 1.66 bits per heavy atom. The molecule has 67 heavy (non-hydrogen) atoms. The van der Waals surface area contributed by atoms with Crippen LogP contribution in [0.4, 0.5) is 14.6 Å². The van der Waals surface area contributed by atoms with E-state index >= 15 is 8.78 Å². The highest BCUT2D eigenvalue weighted by Crippen LogP contribution is 2.57. The lowest BCUT2D eigenvalue weighted by Crippen LogP contribution is -2.36. The Morgan fingerprint density at radius 3 is 2.37 bits per heavy atom. The Labute approximate surface area is 384 Å². The summed E-state index contributed by atoms with van der Waals surface area (Å²) in [5.74, 6) is -1.27. The fourth-order valence-corrected chi connectivity index (χ4v) is 10.3. The van der Waals surface area contributed by atoms with Crippen LogP contribution in [0.5, 0.6) is 0 Å². The molecule has 10 atom stereocenters. The number of halogens is 2. The molecule has 2 saturated heterocycles. The number of phosphoric acid groups is 1. The number of anilines is 1. The summed E-state index contributed by atoms with van der Waals surface area (Å²) < 4.78 is 101. The number of nitrogens with one attached hydrogen (secondary N) is 1. The van der Waals surface area contributed by atoms with E-state index in [1.165, 1.54) is 31.4 Å². The maximum absolute atomic E-state index is 17.1. The molecule has 23 nitrogen and oxygen atoms in total. The largest absolute Gasteiger partial charge is 0.475 e. The SMILES string of the molecule is C=CCOP(=O)(OCCC#N)O[C@H]1[C@@H](F)[C@H](n2cnc3c(NC(=O)c4ccccc4)ncnc32)O[C@@H]1COP(=S)(OCCC#N)O[C@H]1[C@@H](F)[C@H](n2nnc3c(C(=O)OC)cccc32)O[C@@H]1CO. The molecular weight excluding hydrogens is 948 g/mol. The standard InChI is InChI=1S/C39H40F2N10O13P2S/c1-3-16-57-65(55,58-17-8-14-42)63-33-27(62-37(28(33)40)50-22-46-31-34(44-21-45-35(31)50)47-36(53)23-10-5-4-6-11-23)20-60-66(67,59-18-9-15-43)64-32-26(19-52)61-38(29(32)41)51-25-13-7-12-24(39(54)56-2)30(25)48-49-51/h3-7,10-13,21-22,26-29,32-33,37-38,52H,1,8-9,16-20H2,2H3,(H,44,45,47,53)/t26-,27-,28-,29-,32-,33-,37-,38-,65?,66?/m1/s1. The van der Waals surface area contributed by atoms with Crippen LogP contribution in [0.2, 0.25) is 0 Å². The molecule has 0 saturated carbocycles. The lowest BCUT2D eigenvalue weighted by molar-refractivity contribution is -0.0561. The normalized spacial score (nSPS) is 24.4. The van der Waals surface area contributed by atoms with Crippen molar-refractivity contribution in [1.29, 1.82) is 10.5 Å². The molecule has 2 N–H and O–H groups in total. The van der Waals surface area contributed by atoms with Gasteiger partial charge in [0.05, 0.1) is 82.5 Å². The maximum atomic E-state index is 17.1. The molecule has 2 aliphatic rings. The summed E-state index contributed by atoms with van der Waals surface area (Å²) >= 11 is 5.72. The number of hydrogen-bond acceptors (Lipinski definition) is 21. The molecular formula is C39H40F2N10O13P2S. The maximum Gasteiger partial charge on any atom is 0.475 e. The molecule has 354 valence electrons. The first kappa shape index (κ1) is 49.3. The summed E-state index contributed by atoms with van der Waals surface area (Å²) in [7, 11) is -3.55. The van der Waals surface area contributed by atoms with Crippen molar-refractivity contribution >= 4 is 66.2 Å². The number of phosphoric ester groups is 1. The summed E-state index contributed by atoms with van der Waals surface area (Å²) in [6.07, 6.45) is -11.4. The minimum Gasteiger partial charge on any atom is -0.465 e. The summed E-state index contributed by atoms with van der Waals surface area (Å²) in [5, 5.41) is 39.4. The van der Waals surface area contributed by atoms with E-state index in [-0.39, 0.29) is 46.4 Å². The highest BCUT2D eigenvalue weighted by molar-refractivity contribution is 8.07. The number of carbonyl (C=O) groups is 2. The van der Waals surface area contributed by atoms with Crippen LogP contribution < -0.4 is 5.32 Å². The number of benzene rings is 2. The van der Waals surface area contributed by atoms with Gasteiger partial charge in [-0.05, 0) is 36.1 Å². The molecule has 0 radical (unpaired) electrons. The second-order valence-corrected chi connectivity index (χ2v) is 18.7. The zero-order valence-corrected chi connectivity index (χ0v) is 37.7. The summed E-state index contributed by atoms with van der Waals surface area (Å²) in [5.41, 5.74) is 0.617. The number of aliphatic hydroxyl groups excluding tert-OH is 1. The van der Waals surface area contributed by atoms with Gasteiger partial charge in [-0.3, -0.25) is 27.5 Å². The molecule has 2 unspecified atom stereocenters. The van der Waals surface area contributed by atoms with Gasteiger partial charge in [-0.2, -0.15) is 10.5 Å². The predicted octanol–water partition coefficient (Wildman–Crippen LogP) is 4.96. The molecule has 1 amide bonds. The average molecular weight is 989 g/mol. The van der Waals surface area contributed by atoms with Crippen LogP contribution in [0, 0.1) is 22.7 Å². The number of esters is 1. The van der Waals surface area contributed by atoms with Crippen molar-refractivity contribution < 1.29 is 69.4 Å². The molecule has 5 aromatic rings. The molecule has 0 bridgehead atoms. The van der Waals surface area contributed by atoms with E-state index in [9.17, 15) is 24.5 Å². The number of carbonyl (C=O) groups excluding carboxylic acids is 2. The highest BCUT2D eigenvalue weighted by atomic mass is 32.5. The monoisotopic (exact) mass is 988 g/mol. The number of fused-ring (bicyclic) bond motifs is 2. The van der Waals surface area contributed by atoms with Crippen LogP contribution >= 0.6 is 14.5 Å². The number of alkyl halides is 2. The summed E-state index contributed by atoms with van der Waals surface area (Å²) in [6.45, 7) is -3.59. The third-order valence-electron chi connectivity index (χ3n) is 9.94. The van der Waals surface area contributed by atoms with Crippen molar-refractivity contribution in [2.45, 2.75) is 62.1 Å². The van der Waals surface area contributed by atoms with E-state index in [0.717, 1.165) is 21.9 Å². The van der Waals surface area contributed by atoms with Crippen molar-refractivity contribution in [2.24, 2.45) is 0 Å². The van der Waals surface area contributed by atoms with E-state index in [2.05, 4.69) is 37.2 Å². The number of aromatic nitrogens is 7. The van der Waals surface area contributed by atoms with Crippen molar-refractivity contribution in [1.82, 2.24) is 34.5 Å². The van der Waals surface area contributed by atoms with Crippen molar-refractivity contribution in [3.8, 4) is 12.1 Å². The zero-order chi connectivity index (χ0) is 47.7. The van der Waals surface area contributed by atoms with Gasteiger partial charge in [0.25, 0.3) is 5.91 Å². The minimum absolute atomic E-state index is 0.0162. The van der Waals surface area contributed by atoms with E-state index < -0.39 is 109 Å². The third-order valence-corrected chi connectivity index (χ3v) is 13.8. The van der Waals surface area contributed by atoms with Crippen LogP contribution in [0.15, 0.2) is 73.8 Å². The van der Waals surface area contributed by atoms with Gasteiger partial charge >= 0.3 is 20.5 Å². The first-order valence-corrected chi connectivity index (χ1v) is 24.1. The predicted molar refractivity (Wildman–Crippen MR) is 229 cm³/mol. The molecule has 3 aromatic heterocycles. The van der Waals surface area contributed by atoms with Crippen LogP contribution in [0.25, 0.3) is 22.2 Å². The Kier molecular flexibility index (Phi) is 16.2. The number of rotatable bonds is 22. The van der Waals surface area contributed by atoms with Crippen LogP contribution in [-0.4, -0.2) is 128 Å². The second kappa shape index (κ2) is 22.0. The molecule has 2 aliphatic heterocycles. The van der Waals surface area contributed by atoms with Crippen molar-refractivity contribution in [2.75, 3.05) is 45.5 Å². The smallest absolute Gasteiger partial charge is 0.465 e. The second-order valence-electron chi connectivity index (χ2n) is 14.2. The van der Waals surface area contributed by atoms with Crippen LogP contribution in [0.1, 0.15) is 46.0 Å². The lowest BCUT2D eigenvalue weighted by Gasteiger charge is -2.29. The molecule has 2 aromatic carbocycles. The van der Waals surface area contributed by atoms with Crippen molar-refractivity contribution in [3.05, 3.63) is 85.0 Å². The number of nitrogens with zero attached hydrogens (tertiary/aromatic N) is 9. The number of hydrogen-bond donors (Lipinski definition) is 2. The Balaban J connectivity index is 1.17. The first-order valence-electron chi connectivity index (χ1n) is 20.0. The Bertz CT molecular complexity index is 2760. The third kappa shape index (κ3) is 10.9. The van der Waals surface area contributed by atoms with Gasteiger partial charge in [0.1, 0.15) is 36.3 Å². The van der Waals surface area contributed by atoms with Crippen LogP contribution in [-0.2, 0) is 57.7 Å². The Hall–Kier alpha value is -5.57. The highest BCUT2D eigenvalue weighted by Gasteiger charge is 2.54. The van der Waals surface area contributed by atoms with Gasteiger partial charge in [-0.1, -0.05) is 35.6 Å². The van der Waals surface area contributed by atoms with Gasteiger partial charge < -0.3 is 33.7 Å². The Morgan fingerprint density at radius 1 is 0.940 bits per heavy atom. The van der Waals surface area contributed by atoms with Crippen molar-refractivity contribution in [3.63, 3.8) is 0 Å². The fraction of sp³-hybridized carbons (Fsp3) is 0.410. The van der Waals surface area contributed by atoms with Gasteiger partial charge in [-0.15, -0.1) is 11.7 Å². The van der Waals surface area contributed by atoms with Gasteiger partial charge in [0.15, 0.2) is 41.8 Å². The number of methoxy groups -OCH3 is 1. The number of imidazole rings is 1. The number of amides is 1. The summed E-state index contributed by atoms with van der Waals surface area (Å²) in [6, 6.07) is 16.4. The van der Waals surface area contributed by atoms with Gasteiger partial charge in [0, 0.05) is 5.56 Å². The minimum atomic E-state index is -4.73. The molecule has 5 heterocycles. The quantitative estimate of drug-likeness (QED) is 0.0401. The summed E-state index contributed by atoms with van der Waals surface area (Å²) in [4.78, 5) is 38.1. The number of aliphatic hydroxyl groups is 1. The zero-order valence-electron chi connectivity index (χ0n) is 35.1. The topological polar surface area (TPSA) is 288 Å². The van der Waals surface area contributed by atoms with E-state index in [1.54, 1.807) is 30.3 Å².